The highest BCUT2D eigenvalue weighted by molar-refractivity contribution is 14.0. The van der Waals surface area contributed by atoms with Crippen LogP contribution < -0.4 is 10.6 Å². The number of benzene rings is 1. The van der Waals surface area contributed by atoms with Crippen molar-refractivity contribution in [2.45, 2.75) is 39.8 Å². The van der Waals surface area contributed by atoms with Crippen LogP contribution in [0.1, 0.15) is 32.8 Å². The molecule has 2 N–H and O–H groups in total. The fourth-order valence-electron chi connectivity index (χ4n) is 3.42. The van der Waals surface area contributed by atoms with Crippen molar-refractivity contribution in [3.8, 4) is 5.69 Å². The van der Waals surface area contributed by atoms with Gasteiger partial charge in [0.15, 0.2) is 5.96 Å². The largest absolute Gasteiger partial charge is 0.357 e. The van der Waals surface area contributed by atoms with Gasteiger partial charge in [0.05, 0.1) is 18.6 Å². The van der Waals surface area contributed by atoms with E-state index in [1.54, 1.807) is 12.5 Å². The van der Waals surface area contributed by atoms with Gasteiger partial charge in [0.25, 0.3) is 0 Å². The lowest BCUT2D eigenvalue weighted by Gasteiger charge is -2.20. The molecule has 0 spiro atoms. The minimum absolute atomic E-state index is 0. The molecule has 0 saturated carbocycles. The van der Waals surface area contributed by atoms with E-state index in [0.717, 1.165) is 43.3 Å². The molecule has 1 amide bonds. The third-order valence-electron chi connectivity index (χ3n) is 4.86. The molecule has 2 aromatic rings. The fourth-order valence-corrected chi connectivity index (χ4v) is 3.42. The van der Waals surface area contributed by atoms with Gasteiger partial charge in [-0.15, -0.1) is 24.0 Å². The van der Waals surface area contributed by atoms with Crippen molar-refractivity contribution >= 4 is 35.8 Å². The number of aromatic nitrogens is 2. The highest BCUT2D eigenvalue weighted by Gasteiger charge is 2.27. The summed E-state index contributed by atoms with van der Waals surface area (Å²) in [6.07, 6.45) is 6.44. The third-order valence-corrected chi connectivity index (χ3v) is 4.86. The first kappa shape index (κ1) is 23.2. The Morgan fingerprint density at radius 2 is 2.14 bits per heavy atom. The summed E-state index contributed by atoms with van der Waals surface area (Å²) in [6, 6.07) is 8.42. The fraction of sp³-hybridized carbons (Fsp3) is 0.476. The molecule has 2 heterocycles. The van der Waals surface area contributed by atoms with Crippen LogP contribution in [0.25, 0.3) is 5.69 Å². The van der Waals surface area contributed by atoms with E-state index >= 15 is 0 Å². The highest BCUT2D eigenvalue weighted by atomic mass is 127. The predicted octanol–water partition coefficient (Wildman–Crippen LogP) is 2.80. The van der Waals surface area contributed by atoms with E-state index in [-0.39, 0.29) is 41.8 Å². The van der Waals surface area contributed by atoms with Crippen LogP contribution in [0.3, 0.4) is 0 Å². The highest BCUT2D eigenvalue weighted by Crippen LogP contribution is 2.16. The molecule has 1 aromatic carbocycles. The van der Waals surface area contributed by atoms with Crippen LogP contribution in [0.15, 0.2) is 48.0 Å². The molecule has 1 saturated heterocycles. The lowest BCUT2D eigenvalue weighted by atomic mass is 10.2. The maximum Gasteiger partial charge on any atom is 0.225 e. The second-order valence-electron chi connectivity index (χ2n) is 7.36. The summed E-state index contributed by atoms with van der Waals surface area (Å²) in [5.74, 6) is 1.05. The second kappa shape index (κ2) is 11.2. The van der Waals surface area contributed by atoms with Crippen LogP contribution in [-0.4, -0.2) is 52.0 Å². The number of nitrogens with one attached hydrogen (secondary N) is 2. The molecule has 1 aliphatic heterocycles. The van der Waals surface area contributed by atoms with Gasteiger partial charge in [0, 0.05) is 44.0 Å². The topological polar surface area (TPSA) is 74.6 Å². The molecule has 1 atom stereocenters. The molecule has 1 aliphatic rings. The Morgan fingerprint density at radius 1 is 1.34 bits per heavy atom. The van der Waals surface area contributed by atoms with Gasteiger partial charge in [0.2, 0.25) is 5.91 Å². The van der Waals surface area contributed by atoms with Gasteiger partial charge in [0.1, 0.15) is 0 Å². The smallest absolute Gasteiger partial charge is 0.225 e. The van der Waals surface area contributed by atoms with Crippen molar-refractivity contribution in [3.05, 3.63) is 48.5 Å². The Bertz CT molecular complexity index is 805. The number of halogens is 1. The first-order valence-corrected chi connectivity index (χ1v) is 9.98. The van der Waals surface area contributed by atoms with E-state index in [9.17, 15) is 4.79 Å². The van der Waals surface area contributed by atoms with Gasteiger partial charge < -0.3 is 20.1 Å². The summed E-state index contributed by atoms with van der Waals surface area (Å²) in [5.41, 5.74) is 2.20. The average Bonchev–Trinajstić information content (AvgIpc) is 3.38. The zero-order valence-electron chi connectivity index (χ0n) is 17.3. The number of carbonyl (C=O) groups excluding carboxylic acids is 1. The Kier molecular flexibility index (Phi) is 8.94. The Hall–Kier alpha value is -2.10. The molecule has 0 radical (unpaired) electrons. The summed E-state index contributed by atoms with van der Waals surface area (Å²) < 4.78 is 2.00. The number of amides is 1. The van der Waals surface area contributed by atoms with E-state index in [1.165, 1.54) is 0 Å². The van der Waals surface area contributed by atoms with Crippen molar-refractivity contribution in [3.63, 3.8) is 0 Å². The number of aliphatic imine (C=N–C) groups is 1. The quantitative estimate of drug-likeness (QED) is 0.356. The number of hydrogen-bond acceptors (Lipinski definition) is 3. The van der Waals surface area contributed by atoms with Gasteiger partial charge in [-0.25, -0.2) is 9.98 Å². The number of hydrogen-bond donors (Lipinski definition) is 2. The van der Waals surface area contributed by atoms with E-state index in [1.807, 2.05) is 41.6 Å². The van der Waals surface area contributed by atoms with Crippen molar-refractivity contribution < 1.29 is 4.79 Å². The summed E-state index contributed by atoms with van der Waals surface area (Å²) >= 11 is 0. The zero-order valence-corrected chi connectivity index (χ0v) is 19.7. The lowest BCUT2D eigenvalue weighted by molar-refractivity contribution is -0.133. The SMILES string of the molecule is CCNC(=NCc1ccccc1-n1ccnc1)NC1CCN(C(=O)C(C)C)C1.I. The molecule has 1 aromatic heterocycles. The number of rotatable bonds is 6. The van der Waals surface area contributed by atoms with Crippen molar-refractivity contribution in [2.24, 2.45) is 10.9 Å². The molecule has 7 nitrogen and oxygen atoms in total. The van der Waals surface area contributed by atoms with Crippen molar-refractivity contribution in [1.82, 2.24) is 25.1 Å². The monoisotopic (exact) mass is 510 g/mol. The molecule has 1 unspecified atom stereocenters. The van der Waals surface area contributed by atoms with Crippen molar-refractivity contribution in [2.75, 3.05) is 19.6 Å². The first-order chi connectivity index (χ1) is 13.6. The standard InChI is InChI=1S/C21H30N6O.HI/c1-4-23-21(25-18-9-11-26(14-18)20(28)16(2)3)24-13-17-7-5-6-8-19(17)27-12-10-22-15-27;/h5-8,10,12,15-16,18H,4,9,11,13-14H2,1-3H3,(H2,23,24,25);1H. The summed E-state index contributed by atoms with van der Waals surface area (Å²) in [6.45, 7) is 8.84. The Balaban J connectivity index is 0.00000300. The maximum absolute atomic E-state index is 12.2. The van der Waals surface area contributed by atoms with Crippen LogP contribution in [0.4, 0.5) is 0 Å². The van der Waals surface area contributed by atoms with Gasteiger partial charge >= 0.3 is 0 Å². The van der Waals surface area contributed by atoms with Crippen molar-refractivity contribution in [1.29, 1.82) is 0 Å². The third kappa shape index (κ3) is 6.19. The molecule has 0 aliphatic carbocycles. The molecule has 158 valence electrons. The van der Waals surface area contributed by atoms with Gasteiger partial charge in [-0.05, 0) is 25.0 Å². The number of para-hydroxylation sites is 1. The zero-order chi connectivity index (χ0) is 19.9. The van der Waals surface area contributed by atoms with Gasteiger partial charge in [-0.3, -0.25) is 4.79 Å². The molecule has 1 fully saturated rings. The summed E-state index contributed by atoms with van der Waals surface area (Å²) in [7, 11) is 0. The summed E-state index contributed by atoms with van der Waals surface area (Å²) in [5, 5.41) is 6.81. The summed E-state index contributed by atoms with van der Waals surface area (Å²) in [4.78, 5) is 23.1. The van der Waals surface area contributed by atoms with Gasteiger partial charge in [-0.2, -0.15) is 0 Å². The molecule has 29 heavy (non-hydrogen) atoms. The number of nitrogens with zero attached hydrogens (tertiary/aromatic N) is 4. The molecule has 3 rings (SSSR count). The Morgan fingerprint density at radius 3 is 2.83 bits per heavy atom. The average molecular weight is 510 g/mol. The molecular weight excluding hydrogens is 479 g/mol. The molecule has 0 bridgehead atoms. The predicted molar refractivity (Wildman–Crippen MR) is 127 cm³/mol. The Labute approximate surface area is 190 Å². The molecule has 8 heteroatoms. The van der Waals surface area contributed by atoms with E-state index < -0.39 is 0 Å². The van der Waals surface area contributed by atoms with Crippen LogP contribution in [0.5, 0.6) is 0 Å². The van der Waals surface area contributed by atoms with Crippen LogP contribution >= 0.6 is 24.0 Å². The maximum atomic E-state index is 12.2. The van der Waals surface area contributed by atoms with Crippen LogP contribution in [0.2, 0.25) is 0 Å². The molecular formula is C21H31IN6O. The van der Waals surface area contributed by atoms with Crippen LogP contribution in [0, 0.1) is 5.92 Å². The number of carbonyl (C=O) groups is 1. The second-order valence-corrected chi connectivity index (χ2v) is 7.36. The van der Waals surface area contributed by atoms with E-state index in [0.29, 0.717) is 6.54 Å². The van der Waals surface area contributed by atoms with E-state index in [2.05, 4.69) is 34.7 Å². The first-order valence-electron chi connectivity index (χ1n) is 9.98. The number of guanidine groups is 1. The lowest BCUT2D eigenvalue weighted by Crippen LogP contribution is -2.45. The van der Waals surface area contributed by atoms with Gasteiger partial charge in [-0.1, -0.05) is 32.0 Å². The van der Waals surface area contributed by atoms with E-state index in [4.69, 9.17) is 4.99 Å². The minimum atomic E-state index is 0. The number of likely N-dealkylation sites (tertiary alicyclic amines) is 1. The van der Waals surface area contributed by atoms with Crippen LogP contribution in [-0.2, 0) is 11.3 Å². The normalized spacial score (nSPS) is 16.6. The minimum Gasteiger partial charge on any atom is -0.357 e. The number of imidazole rings is 1.